The fraction of sp³-hybridized carbons (Fsp3) is 0.235. The van der Waals surface area contributed by atoms with E-state index in [2.05, 4.69) is 64.1 Å². The van der Waals surface area contributed by atoms with E-state index >= 15 is 0 Å². The second kappa shape index (κ2) is 13.2. The molecule has 12 heteroatoms. The molecule has 0 saturated heterocycles. The predicted molar refractivity (Wildman–Crippen MR) is 173 cm³/mol. The summed E-state index contributed by atoms with van der Waals surface area (Å²) in [5, 5.41) is 9.37. The van der Waals surface area contributed by atoms with Crippen LogP contribution in [0.4, 0.5) is 18.0 Å². The van der Waals surface area contributed by atoms with Gasteiger partial charge in [0.05, 0.1) is 11.4 Å². The lowest BCUT2D eigenvalue weighted by Crippen LogP contribution is -2.24. The van der Waals surface area contributed by atoms with Gasteiger partial charge in [0.2, 0.25) is 0 Å². The smallest absolute Gasteiger partial charge is 0.406 e. The van der Waals surface area contributed by atoms with Gasteiger partial charge in [-0.2, -0.15) is 4.99 Å². The third kappa shape index (κ3) is 7.45. The number of halogens is 3. The number of amides is 2. The standard InChI is InChI=1S/C34H33F3N6O2S/c1-20(2)29-16-7-21(3)17-30(29)43-22(4)18-46-33(43)40-32(44)39-24(6)23(5)25-8-10-26(11-9-25)31-38-19-42(41-31)27-12-14-28(15-13-27)45-34(35,36)37/h7-20H,1-6H3,(H,39,44)/b24-23+,40-33?. The lowest BCUT2D eigenvalue weighted by Gasteiger charge is -2.16. The van der Waals surface area contributed by atoms with Crippen LogP contribution in [0, 0.1) is 13.8 Å². The molecule has 5 aromatic rings. The van der Waals surface area contributed by atoms with E-state index in [0.29, 0.717) is 27.9 Å². The Morgan fingerprint density at radius 3 is 2.35 bits per heavy atom. The van der Waals surface area contributed by atoms with Gasteiger partial charge in [0.25, 0.3) is 0 Å². The molecule has 0 radical (unpaired) electrons. The fourth-order valence-electron chi connectivity index (χ4n) is 4.87. The zero-order chi connectivity index (χ0) is 33.2. The Morgan fingerprint density at radius 1 is 1.00 bits per heavy atom. The van der Waals surface area contributed by atoms with E-state index in [1.165, 1.54) is 52.2 Å². The molecule has 2 aromatic heterocycles. The minimum atomic E-state index is -4.76. The SMILES string of the molecule is C/C(NC(=O)N=c1scc(C)n1-c1cc(C)ccc1C(C)C)=C(/C)c1ccc(-c2ncn(-c3ccc(OC(F)(F)F)cc3)n2)cc1. The lowest BCUT2D eigenvalue weighted by molar-refractivity contribution is -0.274. The fourth-order valence-corrected chi connectivity index (χ4v) is 5.74. The third-order valence-electron chi connectivity index (χ3n) is 7.38. The van der Waals surface area contributed by atoms with Crippen molar-refractivity contribution in [1.29, 1.82) is 0 Å². The van der Waals surface area contributed by atoms with Crippen LogP contribution in [-0.4, -0.2) is 31.7 Å². The molecule has 0 aliphatic heterocycles. The van der Waals surface area contributed by atoms with Crippen LogP contribution in [-0.2, 0) is 0 Å². The van der Waals surface area contributed by atoms with Crippen LogP contribution in [0.3, 0.4) is 0 Å². The van der Waals surface area contributed by atoms with E-state index in [0.717, 1.165) is 33.6 Å². The van der Waals surface area contributed by atoms with Gasteiger partial charge in [-0.3, -0.25) is 4.57 Å². The second-order valence-electron chi connectivity index (χ2n) is 11.1. The minimum absolute atomic E-state index is 0.303. The molecule has 46 heavy (non-hydrogen) atoms. The highest BCUT2D eigenvalue weighted by molar-refractivity contribution is 7.07. The van der Waals surface area contributed by atoms with Crippen LogP contribution in [0.25, 0.3) is 28.3 Å². The summed E-state index contributed by atoms with van der Waals surface area (Å²) < 4.78 is 44.8. The number of benzene rings is 3. The zero-order valence-corrected chi connectivity index (χ0v) is 27.0. The summed E-state index contributed by atoms with van der Waals surface area (Å²) in [4.78, 5) is 22.4. The first-order valence-electron chi connectivity index (χ1n) is 14.5. The molecule has 0 aliphatic carbocycles. The maximum atomic E-state index is 13.1. The predicted octanol–water partition coefficient (Wildman–Crippen LogP) is 8.49. The summed E-state index contributed by atoms with van der Waals surface area (Å²) in [7, 11) is 0. The first kappa shape index (κ1) is 32.4. The Labute approximate surface area is 268 Å². The molecule has 3 aromatic carbocycles. The monoisotopic (exact) mass is 646 g/mol. The van der Waals surface area contributed by atoms with Gasteiger partial charge in [-0.15, -0.1) is 29.6 Å². The van der Waals surface area contributed by atoms with E-state index in [1.54, 1.807) is 0 Å². The van der Waals surface area contributed by atoms with Crippen LogP contribution in [0.15, 0.2) is 89.1 Å². The van der Waals surface area contributed by atoms with Crippen molar-refractivity contribution < 1.29 is 22.7 Å². The van der Waals surface area contributed by atoms with Gasteiger partial charge in [0, 0.05) is 22.3 Å². The molecular formula is C34H33F3N6O2S. The average Bonchev–Trinajstić information content (AvgIpc) is 3.63. The van der Waals surface area contributed by atoms with Crippen molar-refractivity contribution in [2.45, 2.75) is 53.8 Å². The normalized spacial score (nSPS) is 12.8. The molecule has 5 rings (SSSR count). The summed E-state index contributed by atoms with van der Waals surface area (Å²) >= 11 is 1.42. The van der Waals surface area contributed by atoms with Crippen LogP contribution in [0.2, 0.25) is 0 Å². The minimum Gasteiger partial charge on any atom is -0.406 e. The number of alkyl halides is 3. The van der Waals surface area contributed by atoms with Crippen molar-refractivity contribution in [3.8, 4) is 28.5 Å². The van der Waals surface area contributed by atoms with Gasteiger partial charge in [0.15, 0.2) is 10.6 Å². The van der Waals surface area contributed by atoms with Crippen molar-refractivity contribution in [2.75, 3.05) is 0 Å². The number of thiazole rings is 1. The average molecular weight is 647 g/mol. The van der Waals surface area contributed by atoms with Gasteiger partial charge in [-0.25, -0.2) is 14.5 Å². The number of hydrogen-bond acceptors (Lipinski definition) is 5. The highest BCUT2D eigenvalue weighted by Gasteiger charge is 2.31. The van der Waals surface area contributed by atoms with Gasteiger partial charge in [0.1, 0.15) is 12.1 Å². The lowest BCUT2D eigenvalue weighted by atomic mass is 9.99. The number of aryl methyl sites for hydroxylation is 2. The van der Waals surface area contributed by atoms with E-state index < -0.39 is 12.4 Å². The first-order valence-corrected chi connectivity index (χ1v) is 15.4. The molecule has 1 N–H and O–H groups in total. The third-order valence-corrected chi connectivity index (χ3v) is 8.33. The summed E-state index contributed by atoms with van der Waals surface area (Å²) in [5.74, 6) is 0.433. The highest BCUT2D eigenvalue weighted by Crippen LogP contribution is 2.26. The van der Waals surface area contributed by atoms with Gasteiger partial charge in [-0.1, -0.05) is 50.2 Å². The molecule has 0 atom stereocenters. The molecule has 0 fully saturated rings. The number of carbonyl (C=O) groups is 1. The Bertz CT molecular complexity index is 1970. The Morgan fingerprint density at radius 2 is 1.70 bits per heavy atom. The number of ether oxygens (including phenoxy) is 1. The Hall–Kier alpha value is -4.97. The van der Waals surface area contributed by atoms with E-state index in [-0.39, 0.29) is 5.75 Å². The number of carbonyl (C=O) groups excluding carboxylic acids is 1. The van der Waals surface area contributed by atoms with Crippen molar-refractivity contribution in [3.63, 3.8) is 0 Å². The molecule has 0 saturated carbocycles. The summed E-state index contributed by atoms with van der Waals surface area (Å²) in [6.07, 6.45) is -3.27. The molecule has 0 unspecified atom stereocenters. The topological polar surface area (TPSA) is 86.3 Å². The summed E-state index contributed by atoms with van der Waals surface area (Å²) in [6, 6.07) is 18.8. The van der Waals surface area contributed by atoms with Gasteiger partial charge < -0.3 is 10.1 Å². The maximum Gasteiger partial charge on any atom is 0.573 e. The molecular weight excluding hydrogens is 613 g/mol. The number of aromatic nitrogens is 4. The van der Waals surface area contributed by atoms with Crippen molar-refractivity contribution in [2.24, 2.45) is 4.99 Å². The number of nitrogens with one attached hydrogen (secondary N) is 1. The summed E-state index contributed by atoms with van der Waals surface area (Å²) in [5.41, 5.74) is 8.04. The van der Waals surface area contributed by atoms with Crippen molar-refractivity contribution in [3.05, 3.63) is 111 Å². The highest BCUT2D eigenvalue weighted by atomic mass is 32.1. The van der Waals surface area contributed by atoms with Crippen molar-refractivity contribution in [1.82, 2.24) is 24.6 Å². The van der Waals surface area contributed by atoms with Crippen LogP contribution >= 0.6 is 11.3 Å². The Balaban J connectivity index is 1.31. The second-order valence-corrected chi connectivity index (χ2v) is 12.0. The number of urea groups is 1. The molecule has 2 heterocycles. The molecule has 0 aliphatic rings. The maximum absolute atomic E-state index is 13.1. The van der Waals surface area contributed by atoms with E-state index in [1.807, 2.05) is 55.0 Å². The number of allylic oxidation sites excluding steroid dienone is 2. The van der Waals surface area contributed by atoms with E-state index in [4.69, 9.17) is 0 Å². The first-order chi connectivity index (χ1) is 21.8. The molecule has 0 spiro atoms. The largest absolute Gasteiger partial charge is 0.573 e. The molecule has 8 nitrogen and oxygen atoms in total. The molecule has 2 amide bonds. The van der Waals surface area contributed by atoms with Crippen LogP contribution < -0.4 is 14.9 Å². The quantitative estimate of drug-likeness (QED) is 0.192. The summed E-state index contributed by atoms with van der Waals surface area (Å²) in [6.45, 7) is 12.1. The molecule has 238 valence electrons. The zero-order valence-electron chi connectivity index (χ0n) is 26.2. The van der Waals surface area contributed by atoms with Gasteiger partial charge >= 0.3 is 12.4 Å². The number of rotatable bonds is 7. The number of nitrogens with zero attached hydrogens (tertiary/aromatic N) is 5. The van der Waals surface area contributed by atoms with Crippen molar-refractivity contribution >= 4 is 22.9 Å². The van der Waals surface area contributed by atoms with Gasteiger partial charge in [-0.05, 0) is 86.2 Å². The molecule has 0 bridgehead atoms. The van der Waals surface area contributed by atoms with Crippen LogP contribution in [0.5, 0.6) is 5.75 Å². The van der Waals surface area contributed by atoms with Crippen LogP contribution in [0.1, 0.15) is 56.0 Å². The van der Waals surface area contributed by atoms with E-state index in [9.17, 15) is 18.0 Å². The number of hydrogen-bond donors (Lipinski definition) is 1. The Kier molecular flexibility index (Phi) is 9.29.